The number of amides is 1. The van der Waals surface area contributed by atoms with Crippen LogP contribution in [0.4, 0.5) is 0 Å². The number of aromatic nitrogens is 1. The van der Waals surface area contributed by atoms with Crippen molar-refractivity contribution in [1.82, 2.24) is 10.5 Å². The lowest BCUT2D eigenvalue weighted by molar-refractivity contribution is -0.119. The minimum atomic E-state index is -0.0988. The number of nitrogens with zero attached hydrogens (tertiary/aromatic N) is 1. The Labute approximate surface area is 140 Å². The van der Waals surface area contributed by atoms with Gasteiger partial charge in [-0.05, 0) is 26.8 Å². The van der Waals surface area contributed by atoms with Gasteiger partial charge in [0.05, 0.1) is 24.6 Å². The Bertz CT molecular complexity index is 650. The maximum absolute atomic E-state index is 12.1. The third-order valence-corrected chi connectivity index (χ3v) is 4.60. The van der Waals surface area contributed by atoms with Crippen molar-refractivity contribution in [2.45, 2.75) is 32.6 Å². The topological polar surface area (TPSA) is 64.4 Å². The number of carbonyl (C=O) groups is 1. The smallest absolute Gasteiger partial charge is 0.230 e. The monoisotopic (exact) mass is 334 g/mol. The largest absolute Gasteiger partial charge is 0.496 e. The standard InChI is InChI=1S/C17H22N2O3S/c1-11(14-7-5-6-8-16(14)21-4)18-17(20)10-23-9-15-12(2)19-22-13(15)3/h5-8,11H,9-10H2,1-4H3,(H,18,20). The Balaban J connectivity index is 1.85. The van der Waals surface area contributed by atoms with E-state index in [0.29, 0.717) is 5.75 Å². The van der Waals surface area contributed by atoms with Crippen molar-refractivity contribution in [3.63, 3.8) is 0 Å². The summed E-state index contributed by atoms with van der Waals surface area (Å²) in [6, 6.07) is 7.60. The fourth-order valence-corrected chi connectivity index (χ4v) is 3.33. The summed E-state index contributed by atoms with van der Waals surface area (Å²) in [7, 11) is 1.63. The zero-order chi connectivity index (χ0) is 16.8. The lowest BCUT2D eigenvalue weighted by atomic mass is 10.1. The second-order valence-electron chi connectivity index (χ2n) is 5.33. The molecule has 1 aromatic heterocycles. The molecule has 0 spiro atoms. The summed E-state index contributed by atoms with van der Waals surface area (Å²) in [5.74, 6) is 2.71. The summed E-state index contributed by atoms with van der Waals surface area (Å²) in [5.41, 5.74) is 2.93. The SMILES string of the molecule is COc1ccccc1C(C)NC(=O)CSCc1c(C)noc1C. The molecular weight excluding hydrogens is 312 g/mol. The van der Waals surface area contributed by atoms with E-state index in [1.807, 2.05) is 45.0 Å². The lowest BCUT2D eigenvalue weighted by Gasteiger charge is -2.17. The van der Waals surface area contributed by atoms with Crippen LogP contribution < -0.4 is 10.1 Å². The second-order valence-corrected chi connectivity index (χ2v) is 6.31. The third-order valence-electron chi connectivity index (χ3n) is 3.64. The number of ether oxygens (including phenoxy) is 1. The zero-order valence-corrected chi connectivity index (χ0v) is 14.7. The molecule has 6 heteroatoms. The zero-order valence-electron chi connectivity index (χ0n) is 13.9. The maximum Gasteiger partial charge on any atom is 0.230 e. The van der Waals surface area contributed by atoms with Gasteiger partial charge in [0.2, 0.25) is 5.91 Å². The molecule has 0 saturated carbocycles. The molecule has 1 unspecified atom stereocenters. The number of methoxy groups -OCH3 is 1. The van der Waals surface area contributed by atoms with E-state index in [4.69, 9.17) is 9.26 Å². The Morgan fingerprint density at radius 3 is 2.78 bits per heavy atom. The molecule has 1 atom stereocenters. The second kappa shape index (κ2) is 8.06. The van der Waals surface area contributed by atoms with Crippen LogP contribution in [0.5, 0.6) is 5.75 Å². The normalized spacial score (nSPS) is 12.0. The molecule has 124 valence electrons. The van der Waals surface area contributed by atoms with Crippen LogP contribution in [0.1, 0.15) is 35.5 Å². The predicted octanol–water partition coefficient (Wildman–Crippen LogP) is 3.41. The van der Waals surface area contributed by atoms with Crippen LogP contribution in [0.25, 0.3) is 0 Å². The van der Waals surface area contributed by atoms with Gasteiger partial charge in [0.25, 0.3) is 0 Å². The number of carbonyl (C=O) groups excluding carboxylic acids is 1. The van der Waals surface area contributed by atoms with Crippen LogP contribution in [0.15, 0.2) is 28.8 Å². The Morgan fingerprint density at radius 2 is 2.13 bits per heavy atom. The highest BCUT2D eigenvalue weighted by atomic mass is 32.2. The van der Waals surface area contributed by atoms with Gasteiger partial charge in [0.15, 0.2) is 0 Å². The molecule has 0 bridgehead atoms. The fraction of sp³-hybridized carbons (Fsp3) is 0.412. The fourth-order valence-electron chi connectivity index (χ4n) is 2.34. The van der Waals surface area contributed by atoms with Crippen molar-refractivity contribution in [3.8, 4) is 5.75 Å². The molecule has 2 rings (SSSR count). The molecule has 1 aromatic carbocycles. The van der Waals surface area contributed by atoms with E-state index in [2.05, 4.69) is 10.5 Å². The molecule has 1 amide bonds. The number of thioether (sulfide) groups is 1. The first-order valence-corrected chi connectivity index (χ1v) is 8.60. The highest BCUT2D eigenvalue weighted by Gasteiger charge is 2.14. The molecule has 0 aliphatic rings. The van der Waals surface area contributed by atoms with E-state index < -0.39 is 0 Å². The van der Waals surface area contributed by atoms with E-state index in [1.165, 1.54) is 0 Å². The van der Waals surface area contributed by atoms with E-state index in [9.17, 15) is 4.79 Å². The van der Waals surface area contributed by atoms with Crippen molar-refractivity contribution in [2.75, 3.05) is 12.9 Å². The van der Waals surface area contributed by atoms with Gasteiger partial charge in [-0.25, -0.2) is 0 Å². The highest BCUT2D eigenvalue weighted by molar-refractivity contribution is 7.99. The molecule has 0 radical (unpaired) electrons. The summed E-state index contributed by atoms with van der Waals surface area (Å²) in [6.07, 6.45) is 0. The van der Waals surface area contributed by atoms with E-state index in [-0.39, 0.29) is 11.9 Å². The molecule has 0 fully saturated rings. The summed E-state index contributed by atoms with van der Waals surface area (Å²) in [5, 5.41) is 6.92. The van der Waals surface area contributed by atoms with Gasteiger partial charge in [-0.1, -0.05) is 23.4 Å². The minimum Gasteiger partial charge on any atom is -0.496 e. The Morgan fingerprint density at radius 1 is 1.39 bits per heavy atom. The van der Waals surface area contributed by atoms with Crippen molar-refractivity contribution in [1.29, 1.82) is 0 Å². The van der Waals surface area contributed by atoms with E-state index >= 15 is 0 Å². The maximum atomic E-state index is 12.1. The van der Waals surface area contributed by atoms with Gasteiger partial charge < -0.3 is 14.6 Å². The van der Waals surface area contributed by atoms with Gasteiger partial charge in [0, 0.05) is 16.9 Å². The quantitative estimate of drug-likeness (QED) is 0.840. The average molecular weight is 334 g/mol. The highest BCUT2D eigenvalue weighted by Crippen LogP contribution is 2.24. The number of para-hydroxylation sites is 1. The first-order chi connectivity index (χ1) is 11.0. The van der Waals surface area contributed by atoms with Crippen molar-refractivity contribution < 1.29 is 14.1 Å². The van der Waals surface area contributed by atoms with Crippen LogP contribution in [0, 0.1) is 13.8 Å². The summed E-state index contributed by atoms with van der Waals surface area (Å²) < 4.78 is 10.5. The Hall–Kier alpha value is -1.95. The number of rotatable bonds is 7. The molecule has 0 aliphatic heterocycles. The lowest BCUT2D eigenvalue weighted by Crippen LogP contribution is -2.28. The van der Waals surface area contributed by atoms with Crippen LogP contribution in [-0.2, 0) is 10.5 Å². The van der Waals surface area contributed by atoms with Gasteiger partial charge in [-0.15, -0.1) is 11.8 Å². The Kier molecular flexibility index (Phi) is 6.10. The van der Waals surface area contributed by atoms with Gasteiger partial charge >= 0.3 is 0 Å². The van der Waals surface area contributed by atoms with Crippen LogP contribution in [0.2, 0.25) is 0 Å². The van der Waals surface area contributed by atoms with Gasteiger partial charge in [-0.2, -0.15) is 0 Å². The van der Waals surface area contributed by atoms with Crippen LogP contribution in [-0.4, -0.2) is 23.9 Å². The average Bonchev–Trinajstić information content (AvgIpc) is 2.86. The summed E-state index contributed by atoms with van der Waals surface area (Å²) in [4.78, 5) is 12.1. The number of hydrogen-bond acceptors (Lipinski definition) is 5. The first-order valence-electron chi connectivity index (χ1n) is 7.44. The van der Waals surface area contributed by atoms with Gasteiger partial charge in [0.1, 0.15) is 11.5 Å². The number of nitrogens with one attached hydrogen (secondary N) is 1. The van der Waals surface area contributed by atoms with E-state index in [1.54, 1.807) is 18.9 Å². The number of benzene rings is 1. The summed E-state index contributed by atoms with van der Waals surface area (Å²) >= 11 is 1.55. The molecule has 5 nitrogen and oxygen atoms in total. The first kappa shape index (κ1) is 17.4. The molecular formula is C17H22N2O3S. The molecule has 1 heterocycles. The van der Waals surface area contributed by atoms with Crippen molar-refractivity contribution in [2.24, 2.45) is 0 Å². The molecule has 1 N–H and O–H groups in total. The van der Waals surface area contributed by atoms with Crippen molar-refractivity contribution in [3.05, 3.63) is 46.8 Å². The predicted molar refractivity (Wildman–Crippen MR) is 91.7 cm³/mol. The molecule has 23 heavy (non-hydrogen) atoms. The molecule has 2 aromatic rings. The van der Waals surface area contributed by atoms with Gasteiger partial charge in [-0.3, -0.25) is 4.79 Å². The third kappa shape index (κ3) is 4.51. The van der Waals surface area contributed by atoms with Crippen LogP contribution >= 0.6 is 11.8 Å². The number of hydrogen-bond donors (Lipinski definition) is 1. The molecule has 0 aliphatic carbocycles. The van der Waals surface area contributed by atoms with Crippen molar-refractivity contribution >= 4 is 17.7 Å². The number of aryl methyl sites for hydroxylation is 2. The minimum absolute atomic E-state index is 0.000154. The molecule has 0 saturated heterocycles. The van der Waals surface area contributed by atoms with E-state index in [0.717, 1.165) is 34.1 Å². The summed E-state index contributed by atoms with van der Waals surface area (Å²) in [6.45, 7) is 5.75. The van der Waals surface area contributed by atoms with Crippen LogP contribution in [0.3, 0.4) is 0 Å².